The summed E-state index contributed by atoms with van der Waals surface area (Å²) in [5.74, 6) is 2.04. The lowest BCUT2D eigenvalue weighted by molar-refractivity contribution is 0.334. The van der Waals surface area contributed by atoms with Crippen LogP contribution in [-0.2, 0) is 0 Å². The largest absolute Gasteiger partial charge is 0.309 e. The molecule has 82 valence electrons. The minimum absolute atomic E-state index is 0.0711. The molecule has 0 spiro atoms. The van der Waals surface area contributed by atoms with E-state index in [1.54, 1.807) is 6.20 Å². The Labute approximate surface area is 97.4 Å². The Bertz CT molecular complexity index is 402. The monoisotopic (exact) mass is 270 g/mol. The maximum Gasteiger partial charge on any atom is 0.265 e. The van der Waals surface area contributed by atoms with Crippen LogP contribution in [0.15, 0.2) is 15.5 Å². The summed E-state index contributed by atoms with van der Waals surface area (Å²) in [5, 5.41) is 0. The molecule has 0 aromatic carbocycles. The lowest BCUT2D eigenvalue weighted by Crippen LogP contribution is -2.18. The van der Waals surface area contributed by atoms with Gasteiger partial charge in [-0.1, -0.05) is 19.8 Å². The van der Waals surface area contributed by atoms with Crippen molar-refractivity contribution in [3.8, 4) is 0 Å². The van der Waals surface area contributed by atoms with Gasteiger partial charge >= 0.3 is 0 Å². The van der Waals surface area contributed by atoms with Crippen molar-refractivity contribution >= 4 is 15.9 Å². The van der Waals surface area contributed by atoms with Crippen LogP contribution in [0.2, 0.25) is 0 Å². The molecule has 0 radical (unpaired) electrons. The summed E-state index contributed by atoms with van der Waals surface area (Å²) >= 11 is 3.16. The third-order valence-corrected chi connectivity index (χ3v) is 3.66. The standard InChI is InChI=1S/C11H15BrN2O/c1-7-3-2-4-8(5-7)10-13-6-9(12)11(15)14-10/h6-8H,2-5H2,1H3,(H,13,14,15). The highest BCUT2D eigenvalue weighted by molar-refractivity contribution is 9.10. The summed E-state index contributed by atoms with van der Waals surface area (Å²) in [5.41, 5.74) is -0.0711. The maximum absolute atomic E-state index is 11.4. The van der Waals surface area contributed by atoms with Gasteiger partial charge < -0.3 is 4.98 Å². The molecule has 0 saturated heterocycles. The van der Waals surface area contributed by atoms with Gasteiger partial charge in [-0.3, -0.25) is 4.79 Å². The Morgan fingerprint density at radius 1 is 1.53 bits per heavy atom. The molecule has 1 aliphatic rings. The summed E-state index contributed by atoms with van der Waals surface area (Å²) in [4.78, 5) is 18.6. The van der Waals surface area contributed by atoms with Gasteiger partial charge in [0.2, 0.25) is 0 Å². The number of aromatic amines is 1. The zero-order chi connectivity index (χ0) is 10.8. The quantitative estimate of drug-likeness (QED) is 0.853. The average molecular weight is 271 g/mol. The second kappa shape index (κ2) is 4.47. The molecule has 1 N–H and O–H groups in total. The van der Waals surface area contributed by atoms with Crippen LogP contribution in [0.3, 0.4) is 0 Å². The fourth-order valence-electron chi connectivity index (χ4n) is 2.28. The molecule has 1 aromatic heterocycles. The smallest absolute Gasteiger partial charge is 0.265 e. The van der Waals surface area contributed by atoms with Crippen molar-refractivity contribution in [2.75, 3.05) is 0 Å². The fourth-order valence-corrected chi connectivity index (χ4v) is 2.48. The number of halogens is 1. The minimum atomic E-state index is -0.0711. The molecule has 4 heteroatoms. The van der Waals surface area contributed by atoms with Gasteiger partial charge in [0.25, 0.3) is 5.56 Å². The molecule has 15 heavy (non-hydrogen) atoms. The second-order valence-corrected chi connectivity index (χ2v) is 5.27. The number of nitrogens with one attached hydrogen (secondary N) is 1. The molecule has 0 amide bonds. The Morgan fingerprint density at radius 3 is 3.00 bits per heavy atom. The number of H-pyrrole nitrogens is 1. The van der Waals surface area contributed by atoms with E-state index in [1.165, 1.54) is 12.8 Å². The molecule has 1 aromatic rings. The minimum Gasteiger partial charge on any atom is -0.309 e. The number of nitrogens with zero attached hydrogens (tertiary/aromatic N) is 1. The van der Waals surface area contributed by atoms with E-state index < -0.39 is 0 Å². The predicted octanol–water partition coefficient (Wildman–Crippen LogP) is 2.83. The van der Waals surface area contributed by atoms with Crippen LogP contribution in [-0.4, -0.2) is 9.97 Å². The first-order valence-electron chi connectivity index (χ1n) is 5.41. The Balaban J connectivity index is 2.21. The highest BCUT2D eigenvalue weighted by Crippen LogP contribution is 2.33. The van der Waals surface area contributed by atoms with Crippen LogP contribution in [0.4, 0.5) is 0 Å². The van der Waals surface area contributed by atoms with Crippen LogP contribution in [0, 0.1) is 5.92 Å². The van der Waals surface area contributed by atoms with Gasteiger partial charge in [-0.05, 0) is 34.7 Å². The van der Waals surface area contributed by atoms with Crippen LogP contribution in [0.5, 0.6) is 0 Å². The zero-order valence-corrected chi connectivity index (χ0v) is 10.4. The fraction of sp³-hybridized carbons (Fsp3) is 0.636. The molecule has 0 bridgehead atoms. The molecule has 1 aliphatic carbocycles. The second-order valence-electron chi connectivity index (χ2n) is 4.41. The highest BCUT2D eigenvalue weighted by atomic mass is 79.9. The highest BCUT2D eigenvalue weighted by Gasteiger charge is 2.22. The number of aromatic nitrogens is 2. The van der Waals surface area contributed by atoms with Gasteiger partial charge in [-0.25, -0.2) is 4.98 Å². The van der Waals surface area contributed by atoms with Crippen molar-refractivity contribution in [1.82, 2.24) is 9.97 Å². The van der Waals surface area contributed by atoms with Gasteiger partial charge in [0.15, 0.2) is 0 Å². The van der Waals surface area contributed by atoms with E-state index in [9.17, 15) is 4.79 Å². The van der Waals surface area contributed by atoms with Gasteiger partial charge in [-0.15, -0.1) is 0 Å². The lowest BCUT2D eigenvalue weighted by Gasteiger charge is -2.25. The Hall–Kier alpha value is -0.640. The van der Waals surface area contributed by atoms with E-state index in [0.29, 0.717) is 10.4 Å². The van der Waals surface area contributed by atoms with Crippen molar-refractivity contribution < 1.29 is 0 Å². The normalized spacial score (nSPS) is 26.5. The Kier molecular flexibility index (Phi) is 3.24. The summed E-state index contributed by atoms with van der Waals surface area (Å²) < 4.78 is 0.509. The molecule has 2 rings (SSSR count). The third-order valence-electron chi connectivity index (χ3n) is 3.10. The first kappa shape index (κ1) is 10.9. The first-order chi connectivity index (χ1) is 7.16. The topological polar surface area (TPSA) is 45.8 Å². The summed E-state index contributed by atoms with van der Waals surface area (Å²) in [6.45, 7) is 2.27. The van der Waals surface area contributed by atoms with Crippen molar-refractivity contribution in [3.05, 3.63) is 26.8 Å². The number of hydrogen-bond acceptors (Lipinski definition) is 2. The molecule has 1 fully saturated rings. The van der Waals surface area contributed by atoms with Gasteiger partial charge in [0.1, 0.15) is 10.3 Å². The van der Waals surface area contributed by atoms with Crippen molar-refractivity contribution in [2.24, 2.45) is 5.92 Å². The van der Waals surface area contributed by atoms with Gasteiger partial charge in [0, 0.05) is 12.1 Å². The SMILES string of the molecule is CC1CCCC(c2ncc(Br)c(=O)[nH]2)C1. The zero-order valence-electron chi connectivity index (χ0n) is 8.79. The summed E-state index contributed by atoms with van der Waals surface area (Å²) in [7, 11) is 0. The molecular weight excluding hydrogens is 256 g/mol. The van der Waals surface area contributed by atoms with E-state index in [-0.39, 0.29) is 5.56 Å². The van der Waals surface area contributed by atoms with E-state index in [0.717, 1.165) is 24.6 Å². The first-order valence-corrected chi connectivity index (χ1v) is 6.21. The molecule has 1 heterocycles. The van der Waals surface area contributed by atoms with Gasteiger partial charge in [0.05, 0.1) is 0 Å². The molecule has 2 unspecified atom stereocenters. The average Bonchev–Trinajstić information content (AvgIpc) is 2.22. The lowest BCUT2D eigenvalue weighted by atomic mass is 9.82. The van der Waals surface area contributed by atoms with Crippen molar-refractivity contribution in [2.45, 2.75) is 38.5 Å². The summed E-state index contributed by atoms with van der Waals surface area (Å²) in [6.07, 6.45) is 6.44. The molecule has 0 aliphatic heterocycles. The number of hydrogen-bond donors (Lipinski definition) is 1. The van der Waals surface area contributed by atoms with Crippen LogP contribution >= 0.6 is 15.9 Å². The van der Waals surface area contributed by atoms with Crippen LogP contribution < -0.4 is 5.56 Å². The van der Waals surface area contributed by atoms with Crippen LogP contribution in [0.25, 0.3) is 0 Å². The molecule has 3 nitrogen and oxygen atoms in total. The van der Waals surface area contributed by atoms with E-state index >= 15 is 0 Å². The molecule has 2 atom stereocenters. The Morgan fingerprint density at radius 2 is 2.33 bits per heavy atom. The molecule has 1 saturated carbocycles. The van der Waals surface area contributed by atoms with E-state index in [2.05, 4.69) is 32.8 Å². The number of rotatable bonds is 1. The predicted molar refractivity (Wildman–Crippen MR) is 62.9 cm³/mol. The van der Waals surface area contributed by atoms with Crippen molar-refractivity contribution in [1.29, 1.82) is 0 Å². The van der Waals surface area contributed by atoms with Crippen LogP contribution in [0.1, 0.15) is 44.3 Å². The summed E-state index contributed by atoms with van der Waals surface area (Å²) in [6, 6.07) is 0. The maximum atomic E-state index is 11.4. The third kappa shape index (κ3) is 2.48. The van der Waals surface area contributed by atoms with Crippen molar-refractivity contribution in [3.63, 3.8) is 0 Å². The molecular formula is C11H15BrN2O. The van der Waals surface area contributed by atoms with E-state index in [1.807, 2.05) is 0 Å². The van der Waals surface area contributed by atoms with E-state index in [4.69, 9.17) is 0 Å². The van der Waals surface area contributed by atoms with Gasteiger partial charge in [-0.2, -0.15) is 0 Å².